The van der Waals surface area contributed by atoms with Crippen LogP contribution in [0.4, 0.5) is 11.4 Å². The standard InChI is InChI=1S/C17H26N2O2/c1-4-17(5-2)6-8-19(9-7-17)13-10-12(3)15(18)14(11-13)16(20)21/h10-11H,4-9,18H2,1-3H3,(H,20,21). The highest BCUT2D eigenvalue weighted by molar-refractivity contribution is 5.95. The summed E-state index contributed by atoms with van der Waals surface area (Å²) in [5.74, 6) is -0.953. The molecule has 0 radical (unpaired) electrons. The van der Waals surface area contributed by atoms with Crippen LogP contribution < -0.4 is 10.6 Å². The summed E-state index contributed by atoms with van der Waals surface area (Å²) in [4.78, 5) is 13.6. The topological polar surface area (TPSA) is 66.6 Å². The number of rotatable bonds is 4. The molecule has 4 heteroatoms. The smallest absolute Gasteiger partial charge is 0.337 e. The van der Waals surface area contributed by atoms with Gasteiger partial charge in [0, 0.05) is 24.5 Å². The van der Waals surface area contributed by atoms with Crippen molar-refractivity contribution in [3.05, 3.63) is 23.3 Å². The van der Waals surface area contributed by atoms with Crippen molar-refractivity contribution in [1.82, 2.24) is 0 Å². The van der Waals surface area contributed by atoms with Crippen LogP contribution >= 0.6 is 0 Å². The van der Waals surface area contributed by atoms with Gasteiger partial charge in [-0.2, -0.15) is 0 Å². The Bertz CT molecular complexity index is 526. The van der Waals surface area contributed by atoms with Gasteiger partial charge in [-0.05, 0) is 42.9 Å². The SMILES string of the molecule is CCC1(CC)CCN(c2cc(C)c(N)c(C(=O)O)c2)CC1. The molecule has 0 saturated carbocycles. The molecule has 1 saturated heterocycles. The molecule has 2 rings (SSSR count). The van der Waals surface area contributed by atoms with E-state index >= 15 is 0 Å². The number of hydrogen-bond acceptors (Lipinski definition) is 3. The lowest BCUT2D eigenvalue weighted by Crippen LogP contribution is -2.39. The van der Waals surface area contributed by atoms with E-state index in [2.05, 4.69) is 18.7 Å². The monoisotopic (exact) mass is 290 g/mol. The summed E-state index contributed by atoms with van der Waals surface area (Å²) in [6.07, 6.45) is 4.79. The van der Waals surface area contributed by atoms with Gasteiger partial charge in [-0.1, -0.05) is 26.7 Å². The van der Waals surface area contributed by atoms with Crippen LogP contribution in [0.3, 0.4) is 0 Å². The first-order valence-corrected chi connectivity index (χ1v) is 7.81. The van der Waals surface area contributed by atoms with E-state index in [1.165, 1.54) is 25.7 Å². The number of carbonyl (C=O) groups is 1. The maximum atomic E-state index is 11.3. The third-order valence-electron chi connectivity index (χ3n) is 5.29. The molecule has 1 fully saturated rings. The molecule has 0 aliphatic carbocycles. The number of hydrogen-bond donors (Lipinski definition) is 2. The number of carboxylic acid groups (broad SMARTS) is 1. The zero-order valence-electron chi connectivity index (χ0n) is 13.3. The lowest BCUT2D eigenvalue weighted by atomic mass is 9.74. The van der Waals surface area contributed by atoms with Gasteiger partial charge in [0.2, 0.25) is 0 Å². The molecule has 3 N–H and O–H groups in total. The Morgan fingerprint density at radius 1 is 1.29 bits per heavy atom. The van der Waals surface area contributed by atoms with Crippen LogP contribution in [0.15, 0.2) is 12.1 Å². The average Bonchev–Trinajstić information content (AvgIpc) is 2.49. The molecular formula is C17H26N2O2. The molecule has 1 aromatic carbocycles. The lowest BCUT2D eigenvalue weighted by Gasteiger charge is -2.42. The third kappa shape index (κ3) is 2.99. The fraction of sp³-hybridized carbons (Fsp3) is 0.588. The van der Waals surface area contributed by atoms with Crippen LogP contribution in [0.2, 0.25) is 0 Å². The molecule has 1 aliphatic rings. The predicted octanol–water partition coefficient (Wildman–Crippen LogP) is 3.68. The van der Waals surface area contributed by atoms with E-state index in [1.54, 1.807) is 6.07 Å². The lowest BCUT2D eigenvalue weighted by molar-refractivity contribution is 0.0698. The van der Waals surface area contributed by atoms with Crippen molar-refractivity contribution in [3.8, 4) is 0 Å². The molecule has 0 amide bonds. The van der Waals surface area contributed by atoms with E-state index < -0.39 is 5.97 Å². The zero-order chi connectivity index (χ0) is 15.6. The van der Waals surface area contributed by atoms with E-state index in [1.807, 2.05) is 13.0 Å². The first-order valence-electron chi connectivity index (χ1n) is 7.81. The summed E-state index contributed by atoms with van der Waals surface area (Å²) in [5, 5.41) is 9.27. The number of nitrogens with zero attached hydrogens (tertiary/aromatic N) is 1. The average molecular weight is 290 g/mol. The molecule has 0 aromatic heterocycles. The van der Waals surface area contributed by atoms with Gasteiger partial charge < -0.3 is 15.7 Å². The molecule has 21 heavy (non-hydrogen) atoms. The highest BCUT2D eigenvalue weighted by atomic mass is 16.4. The summed E-state index contributed by atoms with van der Waals surface area (Å²) < 4.78 is 0. The normalized spacial score (nSPS) is 17.8. The minimum Gasteiger partial charge on any atom is -0.478 e. The summed E-state index contributed by atoms with van der Waals surface area (Å²) in [6.45, 7) is 8.40. The van der Waals surface area contributed by atoms with Crippen molar-refractivity contribution in [2.45, 2.75) is 46.5 Å². The second kappa shape index (κ2) is 5.96. The quantitative estimate of drug-likeness (QED) is 0.830. The largest absolute Gasteiger partial charge is 0.478 e. The van der Waals surface area contributed by atoms with Gasteiger partial charge in [-0.25, -0.2) is 4.79 Å². The summed E-state index contributed by atoms with van der Waals surface area (Å²) >= 11 is 0. The number of nitrogen functional groups attached to an aromatic ring is 1. The minimum absolute atomic E-state index is 0.216. The Kier molecular flexibility index (Phi) is 4.45. The van der Waals surface area contributed by atoms with Gasteiger partial charge in [0.05, 0.1) is 5.56 Å². The summed E-state index contributed by atoms with van der Waals surface area (Å²) in [6, 6.07) is 3.72. The fourth-order valence-corrected chi connectivity index (χ4v) is 3.34. The summed E-state index contributed by atoms with van der Waals surface area (Å²) in [7, 11) is 0. The molecule has 116 valence electrons. The zero-order valence-corrected chi connectivity index (χ0v) is 13.3. The van der Waals surface area contributed by atoms with E-state index in [9.17, 15) is 9.90 Å². The molecule has 1 aromatic rings. The Morgan fingerprint density at radius 3 is 2.33 bits per heavy atom. The molecule has 0 bridgehead atoms. The Labute approximate surface area is 126 Å². The van der Waals surface area contributed by atoms with Gasteiger partial charge >= 0.3 is 5.97 Å². The van der Waals surface area contributed by atoms with Crippen LogP contribution in [-0.4, -0.2) is 24.2 Å². The number of anilines is 2. The third-order valence-corrected chi connectivity index (χ3v) is 5.29. The van der Waals surface area contributed by atoms with Gasteiger partial charge in [-0.15, -0.1) is 0 Å². The van der Waals surface area contributed by atoms with Crippen LogP contribution in [0.5, 0.6) is 0 Å². The predicted molar refractivity (Wildman–Crippen MR) is 87.0 cm³/mol. The maximum Gasteiger partial charge on any atom is 0.337 e. The minimum atomic E-state index is -0.953. The van der Waals surface area contributed by atoms with E-state index in [0.29, 0.717) is 11.1 Å². The van der Waals surface area contributed by atoms with E-state index in [0.717, 1.165) is 24.3 Å². The molecule has 1 aliphatic heterocycles. The van der Waals surface area contributed by atoms with Gasteiger partial charge in [0.25, 0.3) is 0 Å². The van der Waals surface area contributed by atoms with Crippen molar-refractivity contribution >= 4 is 17.3 Å². The number of carboxylic acids is 1. The van der Waals surface area contributed by atoms with Crippen molar-refractivity contribution in [2.24, 2.45) is 5.41 Å². The summed E-state index contributed by atoms with van der Waals surface area (Å²) in [5.41, 5.74) is 8.75. The second-order valence-corrected chi connectivity index (χ2v) is 6.22. The van der Waals surface area contributed by atoms with Crippen molar-refractivity contribution in [1.29, 1.82) is 0 Å². The first-order chi connectivity index (χ1) is 9.92. The molecule has 4 nitrogen and oxygen atoms in total. The van der Waals surface area contributed by atoms with Gasteiger partial charge in [0.15, 0.2) is 0 Å². The van der Waals surface area contributed by atoms with Crippen molar-refractivity contribution in [3.63, 3.8) is 0 Å². The number of benzene rings is 1. The van der Waals surface area contributed by atoms with Crippen LogP contribution in [0, 0.1) is 12.3 Å². The van der Waals surface area contributed by atoms with E-state index in [-0.39, 0.29) is 5.56 Å². The first kappa shape index (κ1) is 15.7. The Hall–Kier alpha value is -1.71. The molecule has 0 unspecified atom stereocenters. The molecule has 0 atom stereocenters. The second-order valence-electron chi connectivity index (χ2n) is 6.22. The number of aryl methyl sites for hydroxylation is 1. The fourth-order valence-electron chi connectivity index (χ4n) is 3.34. The number of aromatic carboxylic acids is 1. The van der Waals surface area contributed by atoms with Crippen LogP contribution in [-0.2, 0) is 0 Å². The van der Waals surface area contributed by atoms with Crippen molar-refractivity contribution < 1.29 is 9.90 Å². The molecule has 1 heterocycles. The van der Waals surface area contributed by atoms with Gasteiger partial charge in [0.1, 0.15) is 0 Å². The number of nitrogens with two attached hydrogens (primary N) is 1. The highest BCUT2D eigenvalue weighted by Crippen LogP contribution is 2.39. The maximum absolute atomic E-state index is 11.3. The van der Waals surface area contributed by atoms with Gasteiger partial charge in [-0.3, -0.25) is 0 Å². The Balaban J connectivity index is 2.23. The molecule has 0 spiro atoms. The van der Waals surface area contributed by atoms with E-state index in [4.69, 9.17) is 5.73 Å². The number of piperidine rings is 1. The highest BCUT2D eigenvalue weighted by Gasteiger charge is 2.31. The Morgan fingerprint density at radius 2 is 1.86 bits per heavy atom. The van der Waals surface area contributed by atoms with Crippen molar-refractivity contribution in [2.75, 3.05) is 23.7 Å². The molecular weight excluding hydrogens is 264 g/mol. The van der Waals surface area contributed by atoms with Crippen LogP contribution in [0.25, 0.3) is 0 Å². The van der Waals surface area contributed by atoms with Crippen LogP contribution in [0.1, 0.15) is 55.5 Å².